The molecule has 4 atom stereocenters. The van der Waals surface area contributed by atoms with Crippen molar-refractivity contribution >= 4 is 54.1 Å². The number of aryl methyl sites for hydroxylation is 1. The second kappa shape index (κ2) is 10.7. The van der Waals surface area contributed by atoms with Crippen molar-refractivity contribution in [2.75, 3.05) is 50.5 Å². The van der Waals surface area contributed by atoms with Gasteiger partial charge in [0.1, 0.15) is 52.3 Å². The summed E-state index contributed by atoms with van der Waals surface area (Å²) >= 11 is 0.956. The van der Waals surface area contributed by atoms with Gasteiger partial charge in [0.2, 0.25) is 0 Å². The lowest BCUT2D eigenvalue weighted by atomic mass is 9.94. The maximum Gasteiger partial charge on any atom is 0.319 e. The van der Waals surface area contributed by atoms with Crippen molar-refractivity contribution < 1.29 is 22.3 Å². The SMILES string of the molecule is Cc1cc2c(o1)c(-c1ccc(F)c3sc(N)c(C#N)c13)c(F)c1nc(OC[C@@]34CCCN3C[C@H](F)C4)nc(N3C4CCC3CN(C)C4)c12. The third kappa shape index (κ3) is 4.28. The lowest BCUT2D eigenvalue weighted by Crippen LogP contribution is -2.53. The predicted octanol–water partition coefficient (Wildman–Crippen LogP) is 6.54. The monoisotopic (exact) mass is 673 g/mol. The molecule has 4 fully saturated rings. The molecule has 4 aliphatic heterocycles. The zero-order valence-corrected chi connectivity index (χ0v) is 27.5. The number of likely N-dealkylation sites (tertiary alicyclic amines) is 1. The minimum absolute atomic E-state index is 0.0329. The number of alkyl halides is 1. The number of halogens is 3. The fraction of sp³-hybridized carbons (Fsp3) is 0.457. The predicted molar refractivity (Wildman–Crippen MR) is 179 cm³/mol. The maximum absolute atomic E-state index is 17.5. The van der Waals surface area contributed by atoms with E-state index in [1.165, 1.54) is 12.1 Å². The number of furan rings is 1. The van der Waals surface area contributed by atoms with Crippen LogP contribution < -0.4 is 15.4 Å². The Labute approximate surface area is 278 Å². The van der Waals surface area contributed by atoms with Gasteiger partial charge in [-0.15, -0.1) is 11.3 Å². The first-order valence-electron chi connectivity index (χ1n) is 16.5. The fourth-order valence-electron chi connectivity index (χ4n) is 9.05. The van der Waals surface area contributed by atoms with Crippen molar-refractivity contribution in [2.24, 2.45) is 0 Å². The number of likely N-dealkylation sites (N-methyl/N-ethyl adjacent to an activating group) is 1. The Balaban J connectivity index is 1.30. The highest BCUT2D eigenvalue weighted by atomic mass is 32.1. The van der Waals surface area contributed by atoms with E-state index in [9.17, 15) is 9.65 Å². The molecule has 5 aromatic rings. The molecule has 7 heterocycles. The van der Waals surface area contributed by atoms with E-state index in [0.717, 1.165) is 56.7 Å². The number of ether oxygens (including phenoxy) is 1. The first kappa shape index (κ1) is 30.0. The van der Waals surface area contributed by atoms with Crippen molar-refractivity contribution in [2.45, 2.75) is 62.8 Å². The van der Waals surface area contributed by atoms with Gasteiger partial charge >= 0.3 is 6.01 Å². The summed E-state index contributed by atoms with van der Waals surface area (Å²) in [6, 6.07) is 7.04. The van der Waals surface area contributed by atoms with E-state index in [0.29, 0.717) is 35.3 Å². The summed E-state index contributed by atoms with van der Waals surface area (Å²) < 4.78 is 59.9. The number of fused-ring (bicyclic) bond motifs is 7. The molecule has 9 rings (SSSR count). The van der Waals surface area contributed by atoms with Gasteiger partial charge in [0.15, 0.2) is 5.82 Å². The smallest absolute Gasteiger partial charge is 0.319 e. The molecule has 48 heavy (non-hydrogen) atoms. The number of nitrogens with zero attached hydrogens (tertiary/aromatic N) is 6. The summed E-state index contributed by atoms with van der Waals surface area (Å²) in [4.78, 5) is 16.5. The number of nitrogens with two attached hydrogens (primary N) is 1. The number of hydrogen-bond donors (Lipinski definition) is 1. The molecule has 4 aliphatic rings. The van der Waals surface area contributed by atoms with E-state index in [1.54, 1.807) is 6.92 Å². The summed E-state index contributed by atoms with van der Waals surface area (Å²) in [6.45, 7) is 4.88. The number of hydrogen-bond acceptors (Lipinski definition) is 10. The number of thiophene rings is 1. The average Bonchev–Trinajstić information content (AvgIpc) is 3.84. The number of anilines is 2. The van der Waals surface area contributed by atoms with E-state index >= 15 is 8.78 Å². The third-order valence-corrected chi connectivity index (χ3v) is 12.0. The molecule has 2 N–H and O–H groups in total. The van der Waals surface area contributed by atoms with Crippen LogP contribution in [0.25, 0.3) is 43.1 Å². The van der Waals surface area contributed by atoms with Gasteiger partial charge in [-0.25, -0.2) is 13.2 Å². The zero-order valence-electron chi connectivity index (χ0n) is 26.7. The van der Waals surface area contributed by atoms with Crippen LogP contribution in [-0.4, -0.2) is 83.4 Å². The van der Waals surface area contributed by atoms with Crippen molar-refractivity contribution in [3.63, 3.8) is 0 Å². The molecule has 4 saturated heterocycles. The van der Waals surface area contributed by atoms with E-state index < -0.39 is 23.3 Å². The van der Waals surface area contributed by atoms with Crippen LogP contribution in [0.1, 0.15) is 43.4 Å². The molecule has 3 aromatic heterocycles. The number of nitrogen functional groups attached to an aromatic ring is 1. The van der Waals surface area contributed by atoms with Crippen LogP contribution in [0, 0.1) is 29.9 Å². The molecule has 0 spiro atoms. The Kier molecular flexibility index (Phi) is 6.68. The minimum Gasteiger partial charge on any atom is -0.461 e. The van der Waals surface area contributed by atoms with Gasteiger partial charge in [-0.3, -0.25) is 4.90 Å². The average molecular weight is 674 g/mol. The van der Waals surface area contributed by atoms with Crippen LogP contribution in [-0.2, 0) is 0 Å². The van der Waals surface area contributed by atoms with Gasteiger partial charge < -0.3 is 24.7 Å². The Bertz CT molecular complexity index is 2180. The molecule has 2 unspecified atom stereocenters. The Morgan fingerprint density at radius 3 is 2.73 bits per heavy atom. The number of piperazine rings is 1. The Hall–Kier alpha value is -4.12. The number of benzene rings is 2. The van der Waals surface area contributed by atoms with Crippen molar-refractivity contribution in [1.29, 1.82) is 5.26 Å². The summed E-state index contributed by atoms with van der Waals surface area (Å²) in [6.07, 6.45) is 3.20. The van der Waals surface area contributed by atoms with Gasteiger partial charge in [0.25, 0.3) is 0 Å². The van der Waals surface area contributed by atoms with Crippen LogP contribution >= 0.6 is 11.3 Å². The van der Waals surface area contributed by atoms with E-state index in [4.69, 9.17) is 24.9 Å². The summed E-state index contributed by atoms with van der Waals surface area (Å²) in [7, 11) is 2.11. The molecule has 248 valence electrons. The first-order chi connectivity index (χ1) is 23.2. The lowest BCUT2D eigenvalue weighted by molar-refractivity contribution is 0.107. The highest BCUT2D eigenvalue weighted by Gasteiger charge is 2.49. The highest BCUT2D eigenvalue weighted by molar-refractivity contribution is 7.23. The molecular formula is C35H34F3N7O2S. The quantitative estimate of drug-likeness (QED) is 0.223. The van der Waals surface area contributed by atoms with Crippen LogP contribution in [0.3, 0.4) is 0 Å². The minimum atomic E-state index is -0.919. The van der Waals surface area contributed by atoms with E-state index in [-0.39, 0.29) is 67.6 Å². The van der Waals surface area contributed by atoms with Crippen molar-refractivity contribution in [1.82, 2.24) is 19.8 Å². The standard InChI is InChI=1S/C35H34F3N7O2S/c1-17-10-22-27-29(28(38)26(30(22)47-17)21-6-7-24(37)31-25(21)23(12-39)32(40)48-31)41-34(46-16-35-8-3-9-44(35)13-18(36)11-35)42-33(27)45-19-4-5-20(45)15-43(2)14-19/h6-7,10,18-20H,3-5,8-9,11,13-16,40H2,1-2H3/t18-,19?,20?,35+/m1/s1. The van der Waals surface area contributed by atoms with E-state index in [2.05, 4.69) is 27.8 Å². The van der Waals surface area contributed by atoms with E-state index in [1.807, 2.05) is 6.07 Å². The molecule has 0 radical (unpaired) electrons. The molecule has 0 amide bonds. The van der Waals surface area contributed by atoms with Gasteiger partial charge in [-0.05, 0) is 63.9 Å². The molecule has 2 bridgehead atoms. The normalized spacial score (nSPS) is 25.9. The molecular weight excluding hydrogens is 639 g/mol. The second-order valence-electron chi connectivity index (χ2n) is 14.0. The van der Waals surface area contributed by atoms with Crippen LogP contribution in [0.2, 0.25) is 0 Å². The topological polar surface area (TPSA) is 108 Å². The molecule has 13 heteroatoms. The number of rotatable bonds is 5. The molecule has 2 aromatic carbocycles. The Morgan fingerprint density at radius 1 is 1.17 bits per heavy atom. The Morgan fingerprint density at radius 2 is 1.96 bits per heavy atom. The van der Waals surface area contributed by atoms with Gasteiger partial charge in [-0.1, -0.05) is 6.07 Å². The van der Waals surface area contributed by atoms with Gasteiger partial charge in [0.05, 0.1) is 26.8 Å². The highest BCUT2D eigenvalue weighted by Crippen LogP contribution is 2.49. The summed E-state index contributed by atoms with van der Waals surface area (Å²) in [5, 5.41) is 11.5. The van der Waals surface area contributed by atoms with Crippen LogP contribution in [0.5, 0.6) is 6.01 Å². The van der Waals surface area contributed by atoms with Crippen LogP contribution in [0.4, 0.5) is 24.0 Å². The number of aromatic nitrogens is 2. The summed E-state index contributed by atoms with van der Waals surface area (Å²) in [5.41, 5.74) is 6.48. The van der Waals surface area contributed by atoms with Crippen molar-refractivity contribution in [3.8, 4) is 23.2 Å². The summed E-state index contributed by atoms with van der Waals surface area (Å²) in [5.74, 6) is -0.0941. The van der Waals surface area contributed by atoms with Gasteiger partial charge in [0, 0.05) is 48.9 Å². The van der Waals surface area contributed by atoms with Crippen molar-refractivity contribution in [3.05, 3.63) is 41.2 Å². The van der Waals surface area contributed by atoms with Gasteiger partial charge in [-0.2, -0.15) is 15.2 Å². The third-order valence-electron chi connectivity index (χ3n) is 11.0. The van der Waals surface area contributed by atoms with Crippen LogP contribution in [0.15, 0.2) is 22.6 Å². The first-order valence-corrected chi connectivity index (χ1v) is 17.3. The zero-order chi connectivity index (χ0) is 33.1. The molecule has 0 aliphatic carbocycles. The fourth-order valence-corrected chi connectivity index (χ4v) is 10.00. The second-order valence-corrected chi connectivity index (χ2v) is 15.0. The lowest BCUT2D eigenvalue weighted by Gasteiger charge is -2.40. The molecule has 0 saturated carbocycles. The largest absolute Gasteiger partial charge is 0.461 e. The maximum atomic E-state index is 17.5. The number of nitriles is 1. The molecule has 9 nitrogen and oxygen atoms in total.